The molecule has 0 atom stereocenters. The molecule has 0 spiro atoms. The Labute approximate surface area is 168 Å². The number of halogens is 3. The van der Waals surface area contributed by atoms with Gasteiger partial charge in [-0.2, -0.15) is 0 Å². The maximum atomic E-state index is 12.5. The number of rotatable bonds is 5. The topological polar surface area (TPSA) is 68.7 Å². The summed E-state index contributed by atoms with van der Waals surface area (Å²) in [5.41, 5.74) is 6.07. The minimum atomic E-state index is -0.00978. The van der Waals surface area contributed by atoms with Gasteiger partial charge in [-0.3, -0.25) is 4.79 Å². The molecule has 1 fully saturated rings. The number of ether oxygens (including phenoxy) is 1. The molecule has 0 radical (unpaired) electrons. The molecular formula is C18H21Cl3N2O3. The molecule has 3 rings (SSSR count). The third kappa shape index (κ3) is 5.30. The number of hydrogen-bond donors (Lipinski definition) is 1. The molecule has 1 aromatic carbocycles. The summed E-state index contributed by atoms with van der Waals surface area (Å²) in [6.07, 6.45) is 3.26. The van der Waals surface area contributed by atoms with Crippen LogP contribution in [0.3, 0.4) is 0 Å². The molecular weight excluding hydrogens is 399 g/mol. The molecule has 1 amide bonds. The smallest absolute Gasteiger partial charge is 0.257 e. The summed E-state index contributed by atoms with van der Waals surface area (Å²) in [6.45, 7) is 2.28. The molecule has 142 valence electrons. The molecule has 2 aromatic rings. The lowest BCUT2D eigenvalue weighted by atomic mass is 9.97. The number of piperidine rings is 1. The molecule has 0 unspecified atom stereocenters. The standard InChI is InChI=1S/C18H20Cl2N2O3.ClH/c19-14-6-15(20)8-16(7-14)24-10-12-1-3-22(4-2-12)18(23)13-5-17(9-21)25-11-13;/h5-8,11-12H,1-4,9-10,21H2;1H. The molecule has 2 N–H and O–H groups in total. The van der Waals surface area contributed by atoms with Crippen LogP contribution in [0.25, 0.3) is 0 Å². The second kappa shape index (κ2) is 9.51. The SMILES string of the molecule is Cl.NCc1cc(C(=O)N2CCC(COc3cc(Cl)cc(Cl)c3)CC2)co1. The quantitative estimate of drug-likeness (QED) is 0.780. The fourth-order valence-corrected chi connectivity index (χ4v) is 3.42. The normalized spacial score (nSPS) is 14.8. The summed E-state index contributed by atoms with van der Waals surface area (Å²) in [5, 5.41) is 1.11. The van der Waals surface area contributed by atoms with Gasteiger partial charge in [-0.15, -0.1) is 12.4 Å². The Balaban J connectivity index is 0.00000243. The Kier molecular flexibility index (Phi) is 7.65. The van der Waals surface area contributed by atoms with Gasteiger partial charge < -0.3 is 19.8 Å². The zero-order chi connectivity index (χ0) is 17.8. The van der Waals surface area contributed by atoms with Crippen molar-refractivity contribution in [2.45, 2.75) is 19.4 Å². The number of carbonyl (C=O) groups is 1. The minimum absolute atomic E-state index is 0. The van der Waals surface area contributed by atoms with Crippen LogP contribution in [0.2, 0.25) is 10.0 Å². The maximum Gasteiger partial charge on any atom is 0.257 e. The lowest BCUT2D eigenvalue weighted by molar-refractivity contribution is 0.0660. The van der Waals surface area contributed by atoms with Gasteiger partial charge in [-0.05, 0) is 43.0 Å². The number of amides is 1. The van der Waals surface area contributed by atoms with Crippen LogP contribution in [0.1, 0.15) is 29.0 Å². The van der Waals surface area contributed by atoms with E-state index in [2.05, 4.69) is 0 Å². The molecule has 1 aromatic heterocycles. The minimum Gasteiger partial charge on any atom is -0.493 e. The van der Waals surface area contributed by atoms with Gasteiger partial charge in [0.1, 0.15) is 17.8 Å². The fraction of sp³-hybridized carbons (Fsp3) is 0.389. The van der Waals surface area contributed by atoms with Gasteiger partial charge in [-0.25, -0.2) is 0 Å². The Morgan fingerprint density at radius 1 is 1.19 bits per heavy atom. The van der Waals surface area contributed by atoms with Crippen LogP contribution in [0.5, 0.6) is 5.75 Å². The summed E-state index contributed by atoms with van der Waals surface area (Å²) in [5.74, 6) is 1.67. The summed E-state index contributed by atoms with van der Waals surface area (Å²) in [6, 6.07) is 6.88. The number of nitrogens with zero attached hydrogens (tertiary/aromatic N) is 1. The van der Waals surface area contributed by atoms with Crippen LogP contribution in [0, 0.1) is 5.92 Å². The molecule has 1 aliphatic heterocycles. The van der Waals surface area contributed by atoms with E-state index in [0.29, 0.717) is 59.3 Å². The van der Waals surface area contributed by atoms with E-state index in [4.69, 9.17) is 38.1 Å². The highest BCUT2D eigenvalue weighted by atomic mass is 35.5. The van der Waals surface area contributed by atoms with Crippen molar-refractivity contribution in [1.29, 1.82) is 0 Å². The number of benzene rings is 1. The van der Waals surface area contributed by atoms with Gasteiger partial charge in [-0.1, -0.05) is 23.2 Å². The van der Waals surface area contributed by atoms with Crippen molar-refractivity contribution < 1.29 is 13.9 Å². The molecule has 26 heavy (non-hydrogen) atoms. The largest absolute Gasteiger partial charge is 0.493 e. The van der Waals surface area contributed by atoms with Gasteiger partial charge >= 0.3 is 0 Å². The van der Waals surface area contributed by atoms with E-state index in [1.807, 2.05) is 4.90 Å². The molecule has 0 aliphatic carbocycles. The van der Waals surface area contributed by atoms with E-state index >= 15 is 0 Å². The van der Waals surface area contributed by atoms with Gasteiger partial charge in [0, 0.05) is 23.1 Å². The van der Waals surface area contributed by atoms with Crippen LogP contribution in [0.15, 0.2) is 34.9 Å². The van der Waals surface area contributed by atoms with Gasteiger partial charge in [0.2, 0.25) is 0 Å². The van der Waals surface area contributed by atoms with Gasteiger partial charge in [0.15, 0.2) is 0 Å². The van der Waals surface area contributed by atoms with Crippen LogP contribution in [0.4, 0.5) is 0 Å². The highest BCUT2D eigenvalue weighted by Crippen LogP contribution is 2.26. The van der Waals surface area contributed by atoms with E-state index in [9.17, 15) is 4.79 Å². The number of likely N-dealkylation sites (tertiary alicyclic amines) is 1. The molecule has 1 aliphatic rings. The Morgan fingerprint density at radius 3 is 2.42 bits per heavy atom. The Morgan fingerprint density at radius 2 is 1.85 bits per heavy atom. The highest BCUT2D eigenvalue weighted by Gasteiger charge is 2.25. The van der Waals surface area contributed by atoms with E-state index in [1.54, 1.807) is 24.3 Å². The van der Waals surface area contributed by atoms with Crippen molar-refractivity contribution >= 4 is 41.5 Å². The van der Waals surface area contributed by atoms with E-state index in [0.717, 1.165) is 12.8 Å². The van der Waals surface area contributed by atoms with E-state index in [1.165, 1.54) is 6.26 Å². The highest BCUT2D eigenvalue weighted by molar-refractivity contribution is 6.34. The van der Waals surface area contributed by atoms with Crippen LogP contribution < -0.4 is 10.5 Å². The van der Waals surface area contributed by atoms with Gasteiger partial charge in [0.25, 0.3) is 5.91 Å². The van der Waals surface area contributed by atoms with Crippen LogP contribution >= 0.6 is 35.6 Å². The van der Waals surface area contributed by atoms with Crippen molar-refractivity contribution in [3.05, 3.63) is 51.9 Å². The first-order valence-electron chi connectivity index (χ1n) is 8.21. The van der Waals surface area contributed by atoms with Crippen molar-refractivity contribution in [2.24, 2.45) is 11.7 Å². The van der Waals surface area contributed by atoms with E-state index in [-0.39, 0.29) is 18.3 Å². The molecule has 5 nitrogen and oxygen atoms in total. The monoisotopic (exact) mass is 418 g/mol. The lowest BCUT2D eigenvalue weighted by Gasteiger charge is -2.31. The summed E-state index contributed by atoms with van der Waals surface area (Å²) < 4.78 is 11.0. The third-order valence-corrected chi connectivity index (χ3v) is 4.76. The zero-order valence-electron chi connectivity index (χ0n) is 14.1. The number of carbonyl (C=O) groups excluding carboxylic acids is 1. The van der Waals surface area contributed by atoms with Crippen molar-refractivity contribution in [1.82, 2.24) is 4.90 Å². The molecule has 0 bridgehead atoms. The molecule has 1 saturated heterocycles. The second-order valence-corrected chi connectivity index (χ2v) is 7.03. The average Bonchev–Trinajstić information content (AvgIpc) is 3.08. The summed E-state index contributed by atoms with van der Waals surface area (Å²) in [7, 11) is 0. The summed E-state index contributed by atoms with van der Waals surface area (Å²) >= 11 is 11.9. The third-order valence-electron chi connectivity index (χ3n) is 4.33. The second-order valence-electron chi connectivity index (χ2n) is 6.16. The van der Waals surface area contributed by atoms with Crippen molar-refractivity contribution in [2.75, 3.05) is 19.7 Å². The van der Waals surface area contributed by atoms with Crippen molar-refractivity contribution in [3.63, 3.8) is 0 Å². The van der Waals surface area contributed by atoms with Crippen molar-refractivity contribution in [3.8, 4) is 5.75 Å². The first-order chi connectivity index (χ1) is 12.0. The first kappa shape index (κ1) is 20.9. The Hall–Kier alpha value is -1.40. The number of nitrogens with two attached hydrogens (primary N) is 1. The van der Waals surface area contributed by atoms with E-state index < -0.39 is 0 Å². The predicted octanol–water partition coefficient (Wildman–Crippen LogP) is 4.40. The molecule has 8 heteroatoms. The van der Waals surface area contributed by atoms with Crippen LogP contribution in [-0.4, -0.2) is 30.5 Å². The number of furan rings is 1. The fourth-order valence-electron chi connectivity index (χ4n) is 2.91. The lowest BCUT2D eigenvalue weighted by Crippen LogP contribution is -2.39. The van der Waals surface area contributed by atoms with Gasteiger partial charge in [0.05, 0.1) is 18.7 Å². The molecule has 0 saturated carbocycles. The number of hydrogen-bond acceptors (Lipinski definition) is 4. The first-order valence-corrected chi connectivity index (χ1v) is 8.96. The Bertz CT molecular complexity index is 723. The zero-order valence-corrected chi connectivity index (χ0v) is 16.4. The molecule has 2 heterocycles. The maximum absolute atomic E-state index is 12.5. The average molecular weight is 420 g/mol. The predicted molar refractivity (Wildman–Crippen MR) is 104 cm³/mol. The van der Waals surface area contributed by atoms with Crippen LogP contribution in [-0.2, 0) is 6.54 Å². The summed E-state index contributed by atoms with van der Waals surface area (Å²) in [4.78, 5) is 14.3.